The summed E-state index contributed by atoms with van der Waals surface area (Å²) in [6, 6.07) is 8.37. The molecule has 0 radical (unpaired) electrons. The van der Waals surface area contributed by atoms with Crippen molar-refractivity contribution in [3.63, 3.8) is 0 Å². The van der Waals surface area contributed by atoms with Gasteiger partial charge in [-0.2, -0.15) is 0 Å². The van der Waals surface area contributed by atoms with E-state index in [1.807, 2.05) is 24.4 Å². The third kappa shape index (κ3) is 4.03. The zero-order chi connectivity index (χ0) is 20.6. The van der Waals surface area contributed by atoms with Crippen LogP contribution < -0.4 is 10.6 Å². The van der Waals surface area contributed by atoms with Crippen molar-refractivity contribution < 1.29 is 5.11 Å². The van der Waals surface area contributed by atoms with Gasteiger partial charge in [-0.15, -0.1) is 0 Å². The normalized spacial score (nSPS) is 21.9. The molecule has 0 amide bonds. The predicted molar refractivity (Wildman–Crippen MR) is 120 cm³/mol. The van der Waals surface area contributed by atoms with Gasteiger partial charge in [0.1, 0.15) is 0 Å². The lowest BCUT2D eigenvalue weighted by atomic mass is 9.92. The highest BCUT2D eigenvalue weighted by molar-refractivity contribution is 6.33. The van der Waals surface area contributed by atoms with Crippen LogP contribution in [-0.2, 0) is 0 Å². The van der Waals surface area contributed by atoms with E-state index in [1.54, 1.807) is 6.20 Å². The van der Waals surface area contributed by atoms with E-state index in [4.69, 9.17) is 16.6 Å². The van der Waals surface area contributed by atoms with Gasteiger partial charge in [-0.1, -0.05) is 29.8 Å². The maximum absolute atomic E-state index is 10.8. The first kappa shape index (κ1) is 19.8. The number of hydrogen-bond acceptors (Lipinski definition) is 6. The molecule has 2 saturated heterocycles. The fraction of sp³-hybridized carbons (Fsp3) is 0.455. The van der Waals surface area contributed by atoms with Crippen LogP contribution in [0.2, 0.25) is 5.02 Å². The average molecular weight is 427 g/mol. The monoisotopic (exact) mass is 426 g/mol. The lowest BCUT2D eigenvalue weighted by molar-refractivity contribution is -0.0159. The first-order valence-electron chi connectivity index (χ1n) is 10.6. The molecule has 0 spiro atoms. The van der Waals surface area contributed by atoms with Gasteiger partial charge in [-0.05, 0) is 38.4 Å². The van der Waals surface area contributed by atoms with Gasteiger partial charge in [0.25, 0.3) is 0 Å². The Morgan fingerprint density at radius 3 is 2.97 bits per heavy atom. The number of halogens is 1. The molecular weight excluding hydrogens is 400 g/mol. The minimum Gasteiger partial charge on any atom is -0.388 e. The summed E-state index contributed by atoms with van der Waals surface area (Å²) in [5.41, 5.74) is 2.19. The quantitative estimate of drug-likeness (QED) is 0.501. The molecule has 2 fully saturated rings. The van der Waals surface area contributed by atoms with E-state index in [9.17, 15) is 5.11 Å². The molecule has 0 bridgehead atoms. The maximum Gasteiger partial charge on any atom is 0.223 e. The Morgan fingerprint density at radius 1 is 1.27 bits per heavy atom. The first-order chi connectivity index (χ1) is 14.6. The number of aromatic nitrogens is 3. The molecule has 2 aliphatic rings. The third-order valence-electron chi connectivity index (χ3n) is 6.25. The molecule has 5 rings (SSSR count). The van der Waals surface area contributed by atoms with Crippen LogP contribution in [0, 0.1) is 0 Å². The highest BCUT2D eigenvalue weighted by atomic mass is 35.5. The number of aliphatic hydroxyl groups is 1. The van der Waals surface area contributed by atoms with E-state index >= 15 is 0 Å². The molecular formula is C22H27ClN6O. The van der Waals surface area contributed by atoms with E-state index in [1.165, 1.54) is 0 Å². The summed E-state index contributed by atoms with van der Waals surface area (Å²) < 4.78 is 0. The molecule has 8 heteroatoms. The molecule has 3 aromatic rings. The zero-order valence-corrected chi connectivity index (χ0v) is 17.6. The molecule has 0 aliphatic carbocycles. The number of aromatic amines is 1. The molecule has 1 atom stereocenters. The van der Waals surface area contributed by atoms with Crippen LogP contribution in [0.15, 0.2) is 36.7 Å². The number of piperidine rings is 1. The van der Waals surface area contributed by atoms with Crippen molar-refractivity contribution in [3.05, 3.63) is 41.7 Å². The Balaban J connectivity index is 1.29. The minimum atomic E-state index is -0.570. The number of likely N-dealkylation sites (tertiary alicyclic amines) is 1. The van der Waals surface area contributed by atoms with Crippen molar-refractivity contribution in [1.82, 2.24) is 25.2 Å². The van der Waals surface area contributed by atoms with Crippen LogP contribution in [-0.4, -0.2) is 69.3 Å². The number of rotatable bonds is 5. The Morgan fingerprint density at radius 2 is 2.10 bits per heavy atom. The fourth-order valence-corrected chi connectivity index (χ4v) is 4.83. The number of β-amino-alcohol motifs (C(OH)–C–C–N with tert-alkyl or cyclic N) is 1. The van der Waals surface area contributed by atoms with Crippen molar-refractivity contribution >= 4 is 28.5 Å². The summed E-state index contributed by atoms with van der Waals surface area (Å²) in [5, 5.41) is 19.2. The molecule has 30 heavy (non-hydrogen) atoms. The van der Waals surface area contributed by atoms with Crippen LogP contribution in [0.3, 0.4) is 0 Å². The van der Waals surface area contributed by atoms with Gasteiger partial charge in [0.05, 0.1) is 22.5 Å². The number of nitrogens with one attached hydrogen (secondary N) is 3. The van der Waals surface area contributed by atoms with Crippen molar-refractivity contribution in [2.45, 2.75) is 30.9 Å². The van der Waals surface area contributed by atoms with E-state index in [0.29, 0.717) is 11.0 Å². The number of benzene rings is 1. The van der Waals surface area contributed by atoms with E-state index in [0.717, 1.165) is 74.1 Å². The molecule has 4 N–H and O–H groups in total. The maximum atomic E-state index is 10.8. The number of anilines is 1. The Bertz CT molecular complexity index is 1030. The largest absolute Gasteiger partial charge is 0.388 e. The standard InChI is InChI=1S/C22H27ClN6O/c23-18-12-26-21(28-20(18)17-11-25-19-4-2-1-3-16(17)19)27-15-5-10-29(13-15)14-22(30)6-8-24-9-7-22/h1-4,11-12,15,24-25,30H,5-10,13-14H2,(H,26,27,28)/t15-/m1/s1. The van der Waals surface area contributed by atoms with Crippen LogP contribution >= 0.6 is 11.6 Å². The number of fused-ring (bicyclic) bond motifs is 1. The highest BCUT2D eigenvalue weighted by Crippen LogP contribution is 2.32. The van der Waals surface area contributed by atoms with E-state index in [2.05, 4.69) is 31.6 Å². The topological polar surface area (TPSA) is 89.1 Å². The van der Waals surface area contributed by atoms with Crippen LogP contribution in [0.4, 0.5) is 5.95 Å². The molecule has 7 nitrogen and oxygen atoms in total. The van der Waals surface area contributed by atoms with Gasteiger partial charge in [0.2, 0.25) is 5.95 Å². The summed E-state index contributed by atoms with van der Waals surface area (Å²) in [7, 11) is 0. The van der Waals surface area contributed by atoms with Gasteiger partial charge in [-0.25, -0.2) is 9.97 Å². The summed E-state index contributed by atoms with van der Waals surface area (Å²) in [6.45, 7) is 4.36. The summed E-state index contributed by atoms with van der Waals surface area (Å²) in [5.74, 6) is 0.590. The Kier molecular flexibility index (Phi) is 5.37. The second-order valence-electron chi connectivity index (χ2n) is 8.48. The number of H-pyrrole nitrogens is 1. The molecule has 2 aromatic heterocycles. The lowest BCUT2D eigenvalue weighted by Crippen LogP contribution is -2.49. The molecule has 0 unspecified atom stereocenters. The first-order valence-corrected chi connectivity index (χ1v) is 11.0. The van der Waals surface area contributed by atoms with Gasteiger partial charge in [0, 0.05) is 48.3 Å². The lowest BCUT2D eigenvalue weighted by Gasteiger charge is -2.35. The van der Waals surface area contributed by atoms with Gasteiger partial charge < -0.3 is 20.7 Å². The van der Waals surface area contributed by atoms with Crippen molar-refractivity contribution in [1.29, 1.82) is 0 Å². The summed E-state index contributed by atoms with van der Waals surface area (Å²) in [4.78, 5) is 14.8. The SMILES string of the molecule is OC1(CN2CC[C@@H](Nc3ncc(Cl)c(-c4c[nH]c5ccccc45)n3)C2)CCNCC1. The fourth-order valence-electron chi connectivity index (χ4n) is 4.64. The van der Waals surface area contributed by atoms with E-state index in [-0.39, 0.29) is 6.04 Å². The van der Waals surface area contributed by atoms with Gasteiger partial charge >= 0.3 is 0 Å². The van der Waals surface area contributed by atoms with E-state index < -0.39 is 5.60 Å². The van der Waals surface area contributed by atoms with Crippen LogP contribution in [0.25, 0.3) is 22.2 Å². The average Bonchev–Trinajstić information content (AvgIpc) is 3.36. The Hall–Kier alpha value is -2.19. The van der Waals surface area contributed by atoms with Crippen molar-refractivity contribution in [2.75, 3.05) is 38.0 Å². The Labute approximate surface area is 180 Å². The summed E-state index contributed by atoms with van der Waals surface area (Å²) >= 11 is 6.44. The highest BCUT2D eigenvalue weighted by Gasteiger charge is 2.34. The zero-order valence-electron chi connectivity index (χ0n) is 16.9. The number of para-hydroxylation sites is 1. The summed E-state index contributed by atoms with van der Waals surface area (Å²) in [6.07, 6.45) is 6.24. The second kappa shape index (κ2) is 8.15. The predicted octanol–water partition coefficient (Wildman–Crippen LogP) is 2.88. The van der Waals surface area contributed by atoms with Crippen molar-refractivity contribution in [2.24, 2.45) is 0 Å². The molecule has 1 aromatic carbocycles. The van der Waals surface area contributed by atoms with Crippen LogP contribution in [0.1, 0.15) is 19.3 Å². The number of hydrogen-bond donors (Lipinski definition) is 4. The van der Waals surface area contributed by atoms with Gasteiger partial charge in [-0.3, -0.25) is 4.90 Å². The van der Waals surface area contributed by atoms with Gasteiger partial charge in [0.15, 0.2) is 0 Å². The molecule has 0 saturated carbocycles. The molecule has 4 heterocycles. The third-order valence-corrected chi connectivity index (χ3v) is 6.52. The van der Waals surface area contributed by atoms with Crippen LogP contribution in [0.5, 0.6) is 0 Å². The minimum absolute atomic E-state index is 0.257. The second-order valence-corrected chi connectivity index (χ2v) is 8.88. The smallest absolute Gasteiger partial charge is 0.223 e. The number of nitrogens with zero attached hydrogens (tertiary/aromatic N) is 3. The van der Waals surface area contributed by atoms with Crippen molar-refractivity contribution in [3.8, 4) is 11.3 Å². The molecule has 158 valence electrons. The molecule has 2 aliphatic heterocycles.